The van der Waals surface area contributed by atoms with Crippen molar-refractivity contribution in [2.75, 3.05) is 38.7 Å². The number of aliphatic hydroxyl groups excluding tert-OH is 1. The summed E-state index contributed by atoms with van der Waals surface area (Å²) in [6, 6.07) is 4.25. The number of amides is 2. The van der Waals surface area contributed by atoms with E-state index in [0.717, 1.165) is 0 Å². The zero-order valence-electron chi connectivity index (χ0n) is 12.1. The Bertz CT molecular complexity index is 504. The Morgan fingerprint density at radius 2 is 2.05 bits per heavy atom. The summed E-state index contributed by atoms with van der Waals surface area (Å²) in [7, 11) is 1.52. The number of aromatic carboxylic acids is 1. The second-order valence-corrected chi connectivity index (χ2v) is 4.47. The average molecular weight is 296 g/mol. The fraction of sp³-hybridized carbons (Fsp3) is 0.429. The fourth-order valence-electron chi connectivity index (χ4n) is 1.77. The Balaban J connectivity index is 2.80. The second-order valence-electron chi connectivity index (χ2n) is 4.47. The lowest BCUT2D eigenvalue weighted by atomic mass is 10.1. The number of nitrogens with zero attached hydrogens (tertiary/aromatic N) is 1. The number of aryl methyl sites for hydroxylation is 1. The molecule has 1 aromatic rings. The summed E-state index contributed by atoms with van der Waals surface area (Å²) < 4.78 is 4.90. The molecule has 0 unspecified atom stereocenters. The molecule has 0 radical (unpaired) electrons. The number of anilines is 1. The molecule has 0 heterocycles. The molecule has 0 bridgehead atoms. The van der Waals surface area contributed by atoms with E-state index in [4.69, 9.17) is 14.9 Å². The van der Waals surface area contributed by atoms with Gasteiger partial charge < -0.3 is 25.2 Å². The molecule has 0 saturated heterocycles. The number of hydrogen-bond donors (Lipinski definition) is 3. The highest BCUT2D eigenvalue weighted by molar-refractivity contribution is 5.94. The van der Waals surface area contributed by atoms with Crippen LogP contribution < -0.4 is 5.32 Å². The maximum absolute atomic E-state index is 12.1. The van der Waals surface area contributed by atoms with Gasteiger partial charge in [-0.3, -0.25) is 0 Å². The van der Waals surface area contributed by atoms with Gasteiger partial charge in [-0.05, 0) is 24.6 Å². The number of carboxylic acids is 1. The minimum Gasteiger partial charge on any atom is -0.478 e. The van der Waals surface area contributed by atoms with Crippen LogP contribution in [0.2, 0.25) is 0 Å². The summed E-state index contributed by atoms with van der Waals surface area (Å²) in [6.07, 6.45) is 0. The van der Waals surface area contributed by atoms with Gasteiger partial charge in [0.05, 0.1) is 18.8 Å². The SMILES string of the molecule is COCCN(CCO)C(=O)Nc1ccc(C)c(C(=O)O)c1. The first-order valence-electron chi connectivity index (χ1n) is 6.49. The molecule has 0 saturated carbocycles. The third kappa shape index (κ3) is 5.05. The summed E-state index contributed by atoms with van der Waals surface area (Å²) in [4.78, 5) is 24.5. The Kier molecular flexibility index (Phi) is 6.64. The van der Waals surface area contributed by atoms with E-state index in [9.17, 15) is 9.59 Å². The quantitative estimate of drug-likeness (QED) is 0.701. The van der Waals surface area contributed by atoms with E-state index in [1.165, 1.54) is 18.1 Å². The number of nitrogens with one attached hydrogen (secondary N) is 1. The van der Waals surface area contributed by atoms with Gasteiger partial charge in [-0.15, -0.1) is 0 Å². The normalized spacial score (nSPS) is 10.2. The van der Waals surface area contributed by atoms with Crippen molar-refractivity contribution in [1.82, 2.24) is 4.90 Å². The molecule has 7 heteroatoms. The van der Waals surface area contributed by atoms with Gasteiger partial charge in [0.1, 0.15) is 0 Å². The van der Waals surface area contributed by atoms with Gasteiger partial charge in [0.25, 0.3) is 0 Å². The van der Waals surface area contributed by atoms with Crippen molar-refractivity contribution in [1.29, 1.82) is 0 Å². The van der Waals surface area contributed by atoms with Gasteiger partial charge >= 0.3 is 12.0 Å². The van der Waals surface area contributed by atoms with Crippen molar-refractivity contribution in [3.63, 3.8) is 0 Å². The maximum Gasteiger partial charge on any atom is 0.336 e. The molecular weight excluding hydrogens is 276 g/mol. The van der Waals surface area contributed by atoms with Crippen LogP contribution in [0.3, 0.4) is 0 Å². The monoisotopic (exact) mass is 296 g/mol. The molecule has 1 aromatic carbocycles. The molecule has 2 amide bonds. The molecule has 0 fully saturated rings. The number of hydrogen-bond acceptors (Lipinski definition) is 4. The largest absolute Gasteiger partial charge is 0.478 e. The van der Waals surface area contributed by atoms with Crippen LogP contribution in [0.4, 0.5) is 10.5 Å². The highest BCUT2D eigenvalue weighted by Gasteiger charge is 2.14. The number of benzene rings is 1. The van der Waals surface area contributed by atoms with E-state index in [1.54, 1.807) is 19.1 Å². The van der Waals surface area contributed by atoms with Crippen LogP contribution in [0.5, 0.6) is 0 Å². The summed E-state index contributed by atoms with van der Waals surface area (Å²) in [6.45, 7) is 2.38. The van der Waals surface area contributed by atoms with E-state index in [0.29, 0.717) is 24.4 Å². The third-order valence-corrected chi connectivity index (χ3v) is 2.94. The van der Waals surface area contributed by atoms with Crippen LogP contribution in [0.25, 0.3) is 0 Å². The first-order chi connectivity index (χ1) is 9.99. The smallest absolute Gasteiger partial charge is 0.336 e. The molecule has 0 spiro atoms. The topological polar surface area (TPSA) is 99.1 Å². The number of carbonyl (C=O) groups excluding carboxylic acids is 1. The number of carboxylic acid groups (broad SMARTS) is 1. The van der Waals surface area contributed by atoms with E-state index >= 15 is 0 Å². The molecule has 0 aromatic heterocycles. The first-order valence-corrected chi connectivity index (χ1v) is 6.49. The molecule has 0 aliphatic carbocycles. The van der Waals surface area contributed by atoms with Crippen LogP contribution in [0.15, 0.2) is 18.2 Å². The third-order valence-electron chi connectivity index (χ3n) is 2.94. The zero-order valence-corrected chi connectivity index (χ0v) is 12.1. The molecular formula is C14H20N2O5. The predicted molar refractivity (Wildman–Crippen MR) is 77.7 cm³/mol. The van der Waals surface area contributed by atoms with Gasteiger partial charge in [0, 0.05) is 25.9 Å². The number of carbonyl (C=O) groups is 2. The molecule has 1 rings (SSSR count). The van der Waals surface area contributed by atoms with Crippen molar-refractivity contribution >= 4 is 17.7 Å². The van der Waals surface area contributed by atoms with Crippen LogP contribution in [0.1, 0.15) is 15.9 Å². The minimum atomic E-state index is -1.05. The molecule has 21 heavy (non-hydrogen) atoms. The molecule has 0 aliphatic rings. The van der Waals surface area contributed by atoms with Crippen LogP contribution in [-0.2, 0) is 4.74 Å². The lowest BCUT2D eigenvalue weighted by Crippen LogP contribution is -2.39. The van der Waals surface area contributed by atoms with Crippen molar-refractivity contribution < 1.29 is 24.5 Å². The average Bonchev–Trinajstić information content (AvgIpc) is 2.45. The van der Waals surface area contributed by atoms with Gasteiger partial charge in [0.2, 0.25) is 0 Å². The first kappa shape index (κ1) is 16.9. The Labute approximate surface area is 123 Å². The van der Waals surface area contributed by atoms with Crippen LogP contribution in [-0.4, -0.2) is 60.5 Å². The number of rotatable bonds is 7. The summed E-state index contributed by atoms with van der Waals surface area (Å²) in [5.74, 6) is -1.05. The Morgan fingerprint density at radius 3 is 2.62 bits per heavy atom. The summed E-state index contributed by atoms with van der Waals surface area (Å²) in [5, 5.41) is 20.6. The van der Waals surface area contributed by atoms with Gasteiger partial charge in [0.15, 0.2) is 0 Å². The van der Waals surface area contributed by atoms with Gasteiger partial charge in [-0.2, -0.15) is 0 Å². The van der Waals surface area contributed by atoms with E-state index < -0.39 is 12.0 Å². The highest BCUT2D eigenvalue weighted by Crippen LogP contribution is 2.16. The zero-order chi connectivity index (χ0) is 15.8. The summed E-state index contributed by atoms with van der Waals surface area (Å²) >= 11 is 0. The van der Waals surface area contributed by atoms with Crippen LogP contribution in [0, 0.1) is 6.92 Å². The van der Waals surface area contributed by atoms with Crippen LogP contribution >= 0.6 is 0 Å². The standard InChI is InChI=1S/C14H20N2O5/c1-10-3-4-11(9-12(10)13(18)19)15-14(20)16(5-7-17)6-8-21-2/h3-4,9,17H,5-8H2,1-2H3,(H,15,20)(H,18,19). The number of ether oxygens (including phenoxy) is 1. The van der Waals surface area contributed by atoms with Gasteiger partial charge in [-0.1, -0.05) is 6.07 Å². The number of methoxy groups -OCH3 is 1. The lowest BCUT2D eigenvalue weighted by Gasteiger charge is -2.22. The van der Waals surface area contributed by atoms with Crippen molar-refractivity contribution in [3.05, 3.63) is 29.3 Å². The van der Waals surface area contributed by atoms with E-state index in [1.807, 2.05) is 0 Å². The Morgan fingerprint density at radius 1 is 1.33 bits per heavy atom. The maximum atomic E-state index is 12.1. The highest BCUT2D eigenvalue weighted by atomic mass is 16.5. The molecule has 0 aliphatic heterocycles. The minimum absolute atomic E-state index is 0.137. The van der Waals surface area contributed by atoms with Gasteiger partial charge in [-0.25, -0.2) is 9.59 Å². The van der Waals surface area contributed by atoms with Crippen molar-refractivity contribution in [2.24, 2.45) is 0 Å². The number of aliphatic hydroxyl groups is 1. The molecule has 0 atom stereocenters. The van der Waals surface area contributed by atoms with E-state index in [-0.39, 0.29) is 18.7 Å². The van der Waals surface area contributed by atoms with Crippen molar-refractivity contribution in [2.45, 2.75) is 6.92 Å². The van der Waals surface area contributed by atoms with Crippen molar-refractivity contribution in [3.8, 4) is 0 Å². The Hall–Kier alpha value is -2.12. The molecule has 7 nitrogen and oxygen atoms in total. The lowest BCUT2D eigenvalue weighted by molar-refractivity contribution is 0.0696. The molecule has 3 N–H and O–H groups in total. The fourth-order valence-corrected chi connectivity index (χ4v) is 1.77. The molecule has 116 valence electrons. The van der Waals surface area contributed by atoms with E-state index in [2.05, 4.69) is 5.32 Å². The predicted octanol–water partition coefficient (Wildman–Crippen LogP) is 1.17. The summed E-state index contributed by atoms with van der Waals surface area (Å²) in [5.41, 5.74) is 1.15. The number of urea groups is 1. The second kappa shape index (κ2) is 8.23.